The fraction of sp³-hybridized carbons (Fsp3) is 0.368. The molecule has 4 rings (SSSR count). The summed E-state index contributed by atoms with van der Waals surface area (Å²) >= 11 is 0. The van der Waals surface area contributed by atoms with E-state index < -0.39 is 0 Å². The van der Waals surface area contributed by atoms with Crippen LogP contribution in [0.2, 0.25) is 0 Å². The molecule has 0 bridgehead atoms. The Bertz CT molecular complexity index is 1090. The van der Waals surface area contributed by atoms with E-state index in [9.17, 15) is 9.59 Å². The smallest absolute Gasteiger partial charge is 0.236 e. The lowest BCUT2D eigenvalue weighted by Gasteiger charge is -2.38. The van der Waals surface area contributed by atoms with Crippen molar-refractivity contribution < 1.29 is 4.79 Å². The van der Waals surface area contributed by atoms with Crippen LogP contribution in [-0.4, -0.2) is 38.4 Å². The molecule has 0 aromatic carbocycles. The second-order valence-electron chi connectivity index (χ2n) is 6.86. The first kappa shape index (κ1) is 16.3. The van der Waals surface area contributed by atoms with E-state index in [0.29, 0.717) is 24.4 Å². The summed E-state index contributed by atoms with van der Waals surface area (Å²) in [4.78, 5) is 33.7. The first-order chi connectivity index (χ1) is 12.6. The molecule has 4 heterocycles. The summed E-state index contributed by atoms with van der Waals surface area (Å²) in [6.07, 6.45) is 6.00. The molecule has 7 heteroatoms. The number of nitrogens with one attached hydrogen (secondary N) is 1. The zero-order valence-electron chi connectivity index (χ0n) is 14.5. The van der Waals surface area contributed by atoms with Crippen LogP contribution in [0.15, 0.2) is 35.5 Å². The van der Waals surface area contributed by atoms with Crippen molar-refractivity contribution in [3.63, 3.8) is 0 Å². The second kappa shape index (κ2) is 6.30. The molecule has 1 fully saturated rings. The van der Waals surface area contributed by atoms with Gasteiger partial charge in [0, 0.05) is 43.1 Å². The number of likely N-dealkylation sites (tertiary alicyclic amines) is 1. The van der Waals surface area contributed by atoms with Crippen LogP contribution in [0.5, 0.6) is 0 Å². The van der Waals surface area contributed by atoms with E-state index in [1.54, 1.807) is 17.2 Å². The number of rotatable bonds is 2. The number of carbonyl (C=O) groups is 1. The molecule has 2 unspecified atom stereocenters. The summed E-state index contributed by atoms with van der Waals surface area (Å²) in [5, 5.41) is 10.3. The Kier molecular flexibility index (Phi) is 3.96. The van der Waals surface area contributed by atoms with Gasteiger partial charge in [-0.15, -0.1) is 0 Å². The third-order valence-electron chi connectivity index (χ3n) is 5.33. The summed E-state index contributed by atoms with van der Waals surface area (Å²) in [7, 11) is 0. The molecule has 132 valence electrons. The lowest BCUT2D eigenvalue weighted by atomic mass is 9.92. The Morgan fingerprint density at radius 2 is 2.27 bits per heavy atom. The maximum absolute atomic E-state index is 12.4. The number of hydrogen-bond donors (Lipinski definition) is 1. The number of hydrogen-bond acceptors (Lipinski definition) is 4. The van der Waals surface area contributed by atoms with Crippen LogP contribution in [0, 0.1) is 17.2 Å². The molecule has 1 saturated heterocycles. The van der Waals surface area contributed by atoms with Gasteiger partial charge in [0.1, 0.15) is 12.1 Å². The number of aromatic nitrogens is 3. The number of nitriles is 1. The molecule has 1 amide bonds. The molecular weight excluding hydrogens is 330 g/mol. The van der Waals surface area contributed by atoms with Gasteiger partial charge in [0.2, 0.25) is 5.91 Å². The number of fused-ring (bicyclic) bond motifs is 3. The summed E-state index contributed by atoms with van der Waals surface area (Å²) in [5.41, 5.74) is 1.51. The Morgan fingerprint density at radius 1 is 1.42 bits per heavy atom. The number of pyridine rings is 2. The van der Waals surface area contributed by atoms with Crippen LogP contribution < -0.4 is 5.43 Å². The minimum Gasteiger partial charge on any atom is -0.346 e. The summed E-state index contributed by atoms with van der Waals surface area (Å²) in [5.74, 6) is 0.206. The molecule has 0 spiro atoms. The number of aromatic amines is 1. The predicted octanol–water partition coefficient (Wildman–Crippen LogP) is 2.20. The fourth-order valence-corrected chi connectivity index (χ4v) is 3.86. The highest BCUT2D eigenvalue weighted by Crippen LogP contribution is 2.32. The first-order valence-electron chi connectivity index (χ1n) is 8.72. The molecule has 1 N–H and O–H groups in total. The Hall–Kier alpha value is -3.14. The third kappa shape index (κ3) is 2.54. The van der Waals surface area contributed by atoms with Crippen molar-refractivity contribution >= 4 is 27.8 Å². The van der Waals surface area contributed by atoms with Crippen molar-refractivity contribution in [3.8, 4) is 6.07 Å². The van der Waals surface area contributed by atoms with Gasteiger partial charge >= 0.3 is 0 Å². The predicted molar refractivity (Wildman–Crippen MR) is 97.5 cm³/mol. The maximum Gasteiger partial charge on any atom is 0.236 e. The van der Waals surface area contributed by atoms with Gasteiger partial charge in [-0.25, -0.2) is 4.98 Å². The average molecular weight is 349 g/mol. The number of H-pyrrole nitrogens is 1. The summed E-state index contributed by atoms with van der Waals surface area (Å²) in [6, 6.07) is 5.46. The van der Waals surface area contributed by atoms with Gasteiger partial charge < -0.3 is 14.5 Å². The van der Waals surface area contributed by atoms with Crippen LogP contribution in [-0.2, 0) is 4.79 Å². The number of carbonyl (C=O) groups excluding carboxylic acids is 1. The monoisotopic (exact) mass is 349 g/mol. The van der Waals surface area contributed by atoms with Crippen LogP contribution >= 0.6 is 0 Å². The molecule has 1 aliphatic rings. The minimum absolute atomic E-state index is 0.0370. The third-order valence-corrected chi connectivity index (χ3v) is 5.33. The lowest BCUT2D eigenvalue weighted by Crippen LogP contribution is -2.44. The second-order valence-corrected chi connectivity index (χ2v) is 6.86. The molecule has 2 atom stereocenters. The number of amides is 1. The molecule has 3 aromatic rings. The van der Waals surface area contributed by atoms with E-state index in [-0.39, 0.29) is 23.8 Å². The van der Waals surface area contributed by atoms with Crippen molar-refractivity contribution in [3.05, 3.63) is 40.9 Å². The van der Waals surface area contributed by atoms with Gasteiger partial charge in [-0.3, -0.25) is 9.59 Å². The van der Waals surface area contributed by atoms with Gasteiger partial charge in [-0.2, -0.15) is 5.26 Å². The van der Waals surface area contributed by atoms with Crippen LogP contribution in [0.3, 0.4) is 0 Å². The maximum atomic E-state index is 12.4. The quantitative estimate of drug-likeness (QED) is 0.767. The van der Waals surface area contributed by atoms with E-state index >= 15 is 0 Å². The zero-order chi connectivity index (χ0) is 18.3. The van der Waals surface area contributed by atoms with Gasteiger partial charge in [0.25, 0.3) is 0 Å². The molecule has 0 radical (unpaired) electrons. The van der Waals surface area contributed by atoms with Gasteiger partial charge in [-0.1, -0.05) is 6.92 Å². The highest BCUT2D eigenvalue weighted by molar-refractivity contribution is 6.02. The van der Waals surface area contributed by atoms with Crippen molar-refractivity contribution in [2.24, 2.45) is 5.92 Å². The van der Waals surface area contributed by atoms with E-state index in [0.717, 1.165) is 23.0 Å². The lowest BCUT2D eigenvalue weighted by molar-refractivity contribution is -0.132. The summed E-state index contributed by atoms with van der Waals surface area (Å²) in [6.45, 7) is 3.36. The average Bonchev–Trinajstić information content (AvgIpc) is 3.12. The van der Waals surface area contributed by atoms with Gasteiger partial charge in [-0.05, 0) is 18.4 Å². The van der Waals surface area contributed by atoms with Crippen LogP contribution in [0.1, 0.15) is 25.8 Å². The van der Waals surface area contributed by atoms with E-state index in [1.807, 2.05) is 24.5 Å². The fourth-order valence-electron chi connectivity index (χ4n) is 3.86. The van der Waals surface area contributed by atoms with Crippen LogP contribution in [0.4, 0.5) is 0 Å². The topological polar surface area (TPSA) is 94.8 Å². The Labute approximate surface area is 149 Å². The van der Waals surface area contributed by atoms with Gasteiger partial charge in [0.05, 0.1) is 23.0 Å². The van der Waals surface area contributed by atoms with Crippen molar-refractivity contribution in [1.82, 2.24) is 19.4 Å². The highest BCUT2D eigenvalue weighted by Gasteiger charge is 2.30. The first-order valence-corrected chi connectivity index (χ1v) is 8.72. The normalized spacial score (nSPS) is 20.4. The van der Waals surface area contributed by atoms with Crippen molar-refractivity contribution in [1.29, 1.82) is 5.26 Å². The number of nitrogens with zero attached hydrogens (tertiary/aromatic N) is 4. The molecule has 3 aromatic heterocycles. The molecule has 0 saturated carbocycles. The van der Waals surface area contributed by atoms with Crippen molar-refractivity contribution in [2.45, 2.75) is 25.8 Å². The van der Waals surface area contributed by atoms with Gasteiger partial charge in [0.15, 0.2) is 5.43 Å². The molecule has 26 heavy (non-hydrogen) atoms. The number of piperidine rings is 1. The Morgan fingerprint density at radius 3 is 3.08 bits per heavy atom. The van der Waals surface area contributed by atoms with E-state index in [4.69, 9.17) is 5.26 Å². The van der Waals surface area contributed by atoms with Crippen molar-refractivity contribution in [2.75, 3.05) is 13.1 Å². The van der Waals surface area contributed by atoms with E-state index in [2.05, 4.69) is 21.5 Å². The Balaban J connectivity index is 1.86. The van der Waals surface area contributed by atoms with Crippen LogP contribution in [0.25, 0.3) is 21.9 Å². The zero-order valence-corrected chi connectivity index (χ0v) is 14.5. The molecule has 1 aliphatic heterocycles. The molecule has 0 aliphatic carbocycles. The minimum atomic E-state index is -0.136. The molecule has 7 nitrogen and oxygen atoms in total. The SMILES string of the molecule is CC1CCN(C(=O)CC#N)CC1n1ccc(=O)c2cnc3[nH]ccc3c21. The highest BCUT2D eigenvalue weighted by atomic mass is 16.2. The largest absolute Gasteiger partial charge is 0.346 e. The summed E-state index contributed by atoms with van der Waals surface area (Å²) < 4.78 is 2.10. The standard InChI is InChI=1S/C19H19N5O2/c1-12-4-8-23(17(26)2-6-20)11-15(12)24-9-5-16(25)14-10-22-19-13(18(14)24)3-7-21-19/h3,5,7,9-10,12,15H,2,4,8,11H2,1H3,(H,21,22). The molecular formula is C19H19N5O2. The van der Waals surface area contributed by atoms with E-state index in [1.165, 1.54) is 0 Å².